The van der Waals surface area contributed by atoms with Crippen molar-refractivity contribution in [1.29, 1.82) is 0 Å². The van der Waals surface area contributed by atoms with Gasteiger partial charge in [-0.3, -0.25) is 0 Å². The van der Waals surface area contributed by atoms with E-state index in [2.05, 4.69) is 69.2 Å². The zero-order chi connectivity index (χ0) is 55.3. The molecule has 0 heteroatoms. The van der Waals surface area contributed by atoms with Crippen LogP contribution in [-0.2, 0) is 0 Å². The Balaban J connectivity index is 0.000000127. The van der Waals surface area contributed by atoms with E-state index in [4.69, 9.17) is 0 Å². The molecule has 78 heavy (non-hydrogen) atoms. The van der Waals surface area contributed by atoms with Gasteiger partial charge in [-0.25, -0.2) is 0 Å². The summed E-state index contributed by atoms with van der Waals surface area (Å²) >= 11 is 0. The average molecular weight is 1080 g/mol. The smallest absolute Gasteiger partial charge is 0.0318 e. The summed E-state index contributed by atoms with van der Waals surface area (Å²) in [5, 5.41) is 0. The fourth-order valence-electron chi connectivity index (χ4n) is 20.4. The lowest BCUT2D eigenvalue weighted by Crippen LogP contribution is -2.44. The van der Waals surface area contributed by atoms with Crippen molar-refractivity contribution in [2.45, 2.75) is 371 Å². The standard InChI is InChI=1S/2C11H18.C9H16.C9H18.C8H14.C8H16.C7H14.C6H12.C5H10.C4H8/c1-11-5-8-2-9(6-11)4-10(3-8)7-11;1-7-10-3-8-2-9(5-10)6-11(7)4-8;1-7-6-8-2-4-9(7)5-3-8;1-9-7-5-3-2-4-6-8-9;1-6-4-7-2-3-8(6)5-7;1-8-6-4-2-3-5-7-8;1-7-5-3-2-4-6-7;1-6-4-2-3-5-6;1-5-3-2-4-5;1-4-2-3-4/h8-10H,2-7H2,1H3;7-11H,2-6H2,1H3;7-9H,2-6H2,1H3;9H,2-8H2,1H3;6-8H,2-5H2,1H3;8H,2-7H2,1H3;7H,2-6H2,1H3;6H,2-5H2,1H3;5H,2-4H2,1H3;4H,2-3H2,1H3. The fraction of sp³-hybridized carbons (Fsp3) is 1.00. The molecule has 19 rings (SSSR count). The summed E-state index contributed by atoms with van der Waals surface area (Å²) in [5.74, 6) is 22.1. The molecule has 19 fully saturated rings. The Bertz CT molecular complexity index is 1430. The van der Waals surface area contributed by atoms with Crippen LogP contribution in [0.2, 0.25) is 0 Å². The third kappa shape index (κ3) is 24.2. The van der Waals surface area contributed by atoms with Crippen LogP contribution in [0.4, 0.5) is 0 Å². The van der Waals surface area contributed by atoms with Crippen LogP contribution in [0.15, 0.2) is 0 Å². The summed E-state index contributed by atoms with van der Waals surface area (Å²) in [7, 11) is 0. The highest BCUT2D eigenvalue weighted by molar-refractivity contribution is 4.99. The molecule has 12 bridgehead atoms. The van der Waals surface area contributed by atoms with Crippen molar-refractivity contribution < 1.29 is 0 Å². The van der Waals surface area contributed by atoms with Crippen molar-refractivity contribution in [1.82, 2.24) is 0 Å². The maximum Gasteiger partial charge on any atom is -0.0318 e. The lowest BCUT2D eigenvalue weighted by atomic mass is 9.50. The fourth-order valence-corrected chi connectivity index (χ4v) is 20.4. The first-order chi connectivity index (χ1) is 37.6. The van der Waals surface area contributed by atoms with Crippen molar-refractivity contribution >= 4 is 0 Å². The molecule has 0 nitrogen and oxygen atoms in total. The monoisotopic (exact) mass is 1080 g/mol. The van der Waals surface area contributed by atoms with Gasteiger partial charge in [-0.1, -0.05) is 262 Å². The topological polar surface area (TPSA) is 0 Å². The van der Waals surface area contributed by atoms with E-state index in [1.54, 1.807) is 128 Å². The van der Waals surface area contributed by atoms with E-state index in [0.717, 1.165) is 124 Å². The van der Waals surface area contributed by atoms with Gasteiger partial charge in [0, 0.05) is 0 Å². The molecule has 0 radical (unpaired) electrons. The van der Waals surface area contributed by atoms with Gasteiger partial charge < -0.3 is 0 Å². The van der Waals surface area contributed by atoms with E-state index in [1.165, 1.54) is 173 Å². The molecule has 0 amide bonds. The summed E-state index contributed by atoms with van der Waals surface area (Å²) in [5.41, 5.74) is 0.800. The molecule has 0 aromatic carbocycles. The Morgan fingerprint density at radius 1 is 0.205 bits per heavy atom. The van der Waals surface area contributed by atoms with Crippen LogP contribution >= 0.6 is 0 Å². The second-order valence-corrected chi connectivity index (χ2v) is 34.1. The molecule has 4 unspecified atom stereocenters. The normalized spacial score (nSPS) is 40.8. The SMILES string of the molecule is CC12CC3CC(CC(C3)C1)C2.CC1C2CC3CC(C2)CC1C3.CC1CC1.CC1CC2CCC1C2.CC1CC2CCC1CC2.CC1CCC1.CC1CCCC1.CC1CCCCC1.CC1CCCCCC1.CC1CCCCCCC1. The highest BCUT2D eigenvalue weighted by Crippen LogP contribution is 2.60. The Morgan fingerprint density at radius 3 is 0.718 bits per heavy atom. The molecule has 19 aliphatic carbocycles. The zero-order valence-electron chi connectivity index (χ0n) is 55.3. The van der Waals surface area contributed by atoms with Gasteiger partial charge in [-0.2, -0.15) is 0 Å². The zero-order valence-corrected chi connectivity index (χ0v) is 55.3. The molecule has 19 saturated carbocycles. The summed E-state index contributed by atoms with van der Waals surface area (Å²) < 4.78 is 0. The van der Waals surface area contributed by atoms with E-state index in [1.807, 2.05) is 0 Å². The van der Waals surface area contributed by atoms with E-state index in [9.17, 15) is 0 Å². The molecular formula is C78H144. The Labute approximate surface area is 492 Å². The van der Waals surface area contributed by atoms with Crippen molar-refractivity contribution in [2.75, 3.05) is 0 Å². The molecule has 0 aromatic rings. The van der Waals surface area contributed by atoms with Gasteiger partial charge in [-0.05, 0) is 233 Å². The van der Waals surface area contributed by atoms with Gasteiger partial charge in [0.25, 0.3) is 0 Å². The highest BCUT2D eigenvalue weighted by atomic mass is 14.5. The van der Waals surface area contributed by atoms with E-state index in [0.29, 0.717) is 0 Å². The molecule has 0 aliphatic heterocycles. The van der Waals surface area contributed by atoms with Gasteiger partial charge in [0.15, 0.2) is 0 Å². The quantitative estimate of drug-likeness (QED) is 0.212. The van der Waals surface area contributed by atoms with Crippen LogP contribution in [0.5, 0.6) is 0 Å². The molecule has 4 atom stereocenters. The van der Waals surface area contributed by atoms with Gasteiger partial charge in [0.2, 0.25) is 0 Å². The van der Waals surface area contributed by atoms with Crippen LogP contribution in [0.1, 0.15) is 371 Å². The van der Waals surface area contributed by atoms with Crippen LogP contribution in [0.3, 0.4) is 0 Å². The van der Waals surface area contributed by atoms with E-state index >= 15 is 0 Å². The maximum absolute atomic E-state index is 2.54. The summed E-state index contributed by atoms with van der Waals surface area (Å²) in [6.07, 6.45) is 71.6. The Morgan fingerprint density at radius 2 is 0.487 bits per heavy atom. The van der Waals surface area contributed by atoms with Crippen LogP contribution < -0.4 is 0 Å². The first-order valence-electron chi connectivity index (χ1n) is 37.6. The third-order valence-electron chi connectivity index (χ3n) is 25.9. The second-order valence-electron chi connectivity index (χ2n) is 34.1. The number of fused-ring (bicyclic) bond motifs is 5. The minimum Gasteiger partial charge on any atom is -0.0625 e. The number of rotatable bonds is 0. The molecular weight excluding hydrogens is 937 g/mol. The third-order valence-corrected chi connectivity index (χ3v) is 25.9. The molecule has 0 heterocycles. The Kier molecular flexibility index (Phi) is 29.3. The van der Waals surface area contributed by atoms with Gasteiger partial charge in [-0.15, -0.1) is 0 Å². The van der Waals surface area contributed by atoms with Crippen LogP contribution in [0, 0.1) is 124 Å². The number of hydrogen-bond acceptors (Lipinski definition) is 0. The molecule has 456 valence electrons. The van der Waals surface area contributed by atoms with Crippen molar-refractivity contribution in [3.05, 3.63) is 0 Å². The maximum atomic E-state index is 2.54. The van der Waals surface area contributed by atoms with E-state index in [-0.39, 0.29) is 0 Å². The molecule has 0 aromatic heterocycles. The molecule has 19 aliphatic rings. The lowest BCUT2D eigenvalue weighted by Gasteiger charge is -2.55. The molecule has 0 spiro atoms. The first-order valence-corrected chi connectivity index (χ1v) is 37.6. The predicted octanol–water partition coefficient (Wildman–Crippen LogP) is 25.9. The largest absolute Gasteiger partial charge is 0.0625 e. The van der Waals surface area contributed by atoms with Crippen molar-refractivity contribution in [2.24, 2.45) is 124 Å². The summed E-state index contributed by atoms with van der Waals surface area (Å²) in [4.78, 5) is 0. The minimum absolute atomic E-state index is 0.800. The minimum atomic E-state index is 0.800. The average Bonchev–Trinajstić information content (AvgIpc) is 3.71. The Hall–Kier alpha value is 0. The first kappa shape index (κ1) is 65.5. The predicted molar refractivity (Wildman–Crippen MR) is 346 cm³/mol. The summed E-state index contributed by atoms with van der Waals surface area (Å²) in [6, 6.07) is 0. The van der Waals surface area contributed by atoms with E-state index < -0.39 is 0 Å². The lowest BCUT2D eigenvalue weighted by molar-refractivity contribution is -0.0411. The van der Waals surface area contributed by atoms with Gasteiger partial charge in [0.1, 0.15) is 0 Å². The number of hydrogen-bond donors (Lipinski definition) is 0. The van der Waals surface area contributed by atoms with Crippen LogP contribution in [0.25, 0.3) is 0 Å². The molecule has 0 N–H and O–H groups in total. The second kappa shape index (κ2) is 34.8. The van der Waals surface area contributed by atoms with Gasteiger partial charge in [0.05, 0.1) is 0 Å². The molecule has 0 saturated heterocycles. The summed E-state index contributed by atoms with van der Waals surface area (Å²) in [6.45, 7) is 24.0. The van der Waals surface area contributed by atoms with Crippen molar-refractivity contribution in [3.63, 3.8) is 0 Å². The highest BCUT2D eigenvalue weighted by Gasteiger charge is 2.48. The van der Waals surface area contributed by atoms with Gasteiger partial charge >= 0.3 is 0 Å². The van der Waals surface area contributed by atoms with Crippen molar-refractivity contribution in [3.8, 4) is 0 Å². The van der Waals surface area contributed by atoms with Crippen LogP contribution in [-0.4, -0.2) is 0 Å².